The first-order valence-corrected chi connectivity index (χ1v) is 9.27. The number of nitrogens with zero attached hydrogens (tertiary/aromatic N) is 1. The summed E-state index contributed by atoms with van der Waals surface area (Å²) in [6.07, 6.45) is 3.24. The lowest BCUT2D eigenvalue weighted by Gasteiger charge is -2.16. The first-order chi connectivity index (χ1) is 12.4. The van der Waals surface area contributed by atoms with Crippen LogP contribution < -0.4 is 4.90 Å². The predicted molar refractivity (Wildman–Crippen MR) is 106 cm³/mol. The highest BCUT2D eigenvalue weighted by atomic mass is 35.5. The highest BCUT2D eigenvalue weighted by Crippen LogP contribution is 2.36. The van der Waals surface area contributed by atoms with E-state index in [-0.39, 0.29) is 16.5 Å². The second-order valence-electron chi connectivity index (χ2n) is 6.72. The first-order valence-electron chi connectivity index (χ1n) is 8.89. The van der Waals surface area contributed by atoms with Crippen LogP contribution in [0.4, 0.5) is 5.69 Å². The molecule has 0 saturated heterocycles. The van der Waals surface area contributed by atoms with Gasteiger partial charge in [-0.2, -0.15) is 0 Å². The van der Waals surface area contributed by atoms with E-state index in [1.165, 1.54) is 10.5 Å². The van der Waals surface area contributed by atoms with Crippen molar-refractivity contribution in [1.82, 2.24) is 0 Å². The number of carbonyl (C=O) groups excluding carboxylic acids is 2. The van der Waals surface area contributed by atoms with Crippen LogP contribution in [0.2, 0.25) is 0 Å². The number of aryl methyl sites for hydroxylation is 3. The number of unbranched alkanes of at least 4 members (excludes halogenated alkanes) is 1. The number of hydrogen-bond acceptors (Lipinski definition) is 2. The summed E-state index contributed by atoms with van der Waals surface area (Å²) in [7, 11) is 0. The molecular weight excluding hydrogens is 346 g/mol. The van der Waals surface area contributed by atoms with E-state index in [0.717, 1.165) is 30.4 Å². The van der Waals surface area contributed by atoms with Crippen molar-refractivity contribution in [2.45, 2.75) is 40.0 Å². The van der Waals surface area contributed by atoms with Gasteiger partial charge in [0.05, 0.1) is 11.3 Å². The number of amides is 2. The van der Waals surface area contributed by atoms with Crippen molar-refractivity contribution in [3.8, 4) is 0 Å². The molecular formula is C22H22ClNO2. The van der Waals surface area contributed by atoms with E-state index in [4.69, 9.17) is 11.6 Å². The minimum atomic E-state index is -0.465. The van der Waals surface area contributed by atoms with Gasteiger partial charge in [-0.15, -0.1) is 0 Å². The Hall–Kier alpha value is -2.39. The molecule has 0 radical (unpaired) electrons. The van der Waals surface area contributed by atoms with Crippen molar-refractivity contribution in [2.24, 2.45) is 0 Å². The van der Waals surface area contributed by atoms with Crippen LogP contribution in [0.1, 0.15) is 42.0 Å². The molecule has 3 rings (SSSR count). The molecule has 3 nitrogen and oxygen atoms in total. The van der Waals surface area contributed by atoms with Crippen molar-refractivity contribution in [2.75, 3.05) is 4.90 Å². The summed E-state index contributed by atoms with van der Waals surface area (Å²) in [6.45, 7) is 6.06. The van der Waals surface area contributed by atoms with Crippen LogP contribution in [-0.4, -0.2) is 11.8 Å². The minimum absolute atomic E-state index is 0.0167. The predicted octanol–water partition coefficient (Wildman–Crippen LogP) is 5.17. The van der Waals surface area contributed by atoms with Gasteiger partial charge in [0.1, 0.15) is 5.03 Å². The lowest BCUT2D eigenvalue weighted by atomic mass is 9.99. The normalized spacial score (nSPS) is 14.5. The first kappa shape index (κ1) is 18.4. The SMILES string of the molecule is CCCCc1ccc(N2C(=O)C(Cl)=C(c3ccc(C)cc3C)C2=O)cc1. The van der Waals surface area contributed by atoms with Crippen molar-refractivity contribution in [3.63, 3.8) is 0 Å². The molecule has 0 N–H and O–H groups in total. The number of imide groups is 1. The molecule has 0 atom stereocenters. The number of hydrogen-bond donors (Lipinski definition) is 0. The molecule has 2 aromatic rings. The Morgan fingerprint density at radius 2 is 1.65 bits per heavy atom. The Bertz CT molecular complexity index is 897. The van der Waals surface area contributed by atoms with Crippen LogP contribution in [0.25, 0.3) is 5.57 Å². The molecule has 0 unspecified atom stereocenters. The van der Waals surface area contributed by atoms with Gasteiger partial charge in [0.2, 0.25) is 0 Å². The monoisotopic (exact) mass is 367 g/mol. The highest BCUT2D eigenvalue weighted by molar-refractivity contribution is 6.60. The third-order valence-corrected chi connectivity index (χ3v) is 5.04. The molecule has 2 amide bonds. The fourth-order valence-corrected chi connectivity index (χ4v) is 3.52. The highest BCUT2D eigenvalue weighted by Gasteiger charge is 2.39. The zero-order valence-corrected chi connectivity index (χ0v) is 16.1. The summed E-state index contributed by atoms with van der Waals surface area (Å²) in [5.41, 5.74) is 4.77. The van der Waals surface area contributed by atoms with Crippen LogP contribution in [0, 0.1) is 13.8 Å². The van der Waals surface area contributed by atoms with Crippen LogP contribution in [0.15, 0.2) is 47.5 Å². The number of rotatable bonds is 5. The second kappa shape index (κ2) is 7.46. The Balaban J connectivity index is 1.93. The van der Waals surface area contributed by atoms with Crippen molar-refractivity contribution < 1.29 is 9.59 Å². The quantitative estimate of drug-likeness (QED) is 0.683. The largest absolute Gasteiger partial charge is 0.277 e. The Morgan fingerprint density at radius 3 is 2.27 bits per heavy atom. The van der Waals surface area contributed by atoms with E-state index in [1.807, 2.05) is 56.3 Å². The van der Waals surface area contributed by atoms with E-state index >= 15 is 0 Å². The van der Waals surface area contributed by atoms with Gasteiger partial charge in [-0.05, 0) is 55.5 Å². The molecule has 26 heavy (non-hydrogen) atoms. The maximum Gasteiger partial charge on any atom is 0.277 e. The lowest BCUT2D eigenvalue weighted by Crippen LogP contribution is -2.31. The van der Waals surface area contributed by atoms with E-state index in [9.17, 15) is 9.59 Å². The van der Waals surface area contributed by atoms with Crippen molar-refractivity contribution in [1.29, 1.82) is 0 Å². The van der Waals surface area contributed by atoms with Gasteiger partial charge in [0.25, 0.3) is 11.8 Å². The summed E-state index contributed by atoms with van der Waals surface area (Å²) in [6, 6.07) is 13.3. The fourth-order valence-electron chi connectivity index (χ4n) is 3.26. The molecule has 0 bridgehead atoms. The van der Waals surface area contributed by atoms with Crippen LogP contribution in [0.5, 0.6) is 0 Å². The zero-order valence-electron chi connectivity index (χ0n) is 15.3. The fraction of sp³-hybridized carbons (Fsp3) is 0.273. The van der Waals surface area contributed by atoms with Gasteiger partial charge in [-0.3, -0.25) is 9.59 Å². The van der Waals surface area contributed by atoms with Gasteiger partial charge < -0.3 is 0 Å². The van der Waals surface area contributed by atoms with Crippen LogP contribution in [0.3, 0.4) is 0 Å². The maximum absolute atomic E-state index is 13.0. The molecule has 0 fully saturated rings. The topological polar surface area (TPSA) is 37.4 Å². The lowest BCUT2D eigenvalue weighted by molar-refractivity contribution is -0.119. The average Bonchev–Trinajstić information content (AvgIpc) is 2.84. The van der Waals surface area contributed by atoms with Gasteiger partial charge in [0, 0.05) is 0 Å². The van der Waals surface area contributed by atoms with Crippen molar-refractivity contribution >= 4 is 34.7 Å². The number of anilines is 1. The minimum Gasteiger partial charge on any atom is -0.268 e. The average molecular weight is 368 g/mol. The third kappa shape index (κ3) is 3.32. The molecule has 4 heteroatoms. The molecule has 0 saturated carbocycles. The molecule has 2 aromatic carbocycles. The molecule has 0 spiro atoms. The summed E-state index contributed by atoms with van der Waals surface area (Å²) >= 11 is 6.28. The molecule has 0 aliphatic carbocycles. The van der Waals surface area contributed by atoms with Gasteiger partial charge >= 0.3 is 0 Å². The van der Waals surface area contributed by atoms with E-state index in [0.29, 0.717) is 11.3 Å². The summed E-state index contributed by atoms with van der Waals surface area (Å²) in [5, 5.41) is -0.0167. The Labute approximate surface area is 159 Å². The van der Waals surface area contributed by atoms with Crippen LogP contribution in [-0.2, 0) is 16.0 Å². The second-order valence-corrected chi connectivity index (χ2v) is 7.10. The Morgan fingerprint density at radius 1 is 0.962 bits per heavy atom. The molecule has 1 heterocycles. The summed E-state index contributed by atoms with van der Waals surface area (Å²) < 4.78 is 0. The smallest absolute Gasteiger partial charge is 0.268 e. The number of carbonyl (C=O) groups is 2. The molecule has 134 valence electrons. The van der Waals surface area contributed by atoms with E-state index < -0.39 is 5.91 Å². The standard InChI is InChI=1S/C22H22ClNO2/c1-4-5-6-16-8-10-17(11-9-16)24-21(25)19(20(23)22(24)26)18-12-7-14(2)13-15(18)3/h7-13H,4-6H2,1-3H3. The summed E-state index contributed by atoms with van der Waals surface area (Å²) in [5.74, 6) is -0.832. The molecule has 1 aliphatic heterocycles. The van der Waals surface area contributed by atoms with Gasteiger partial charge in [-0.25, -0.2) is 4.90 Å². The Kier molecular flexibility index (Phi) is 5.28. The van der Waals surface area contributed by atoms with Crippen LogP contribution >= 0.6 is 11.6 Å². The number of benzene rings is 2. The number of halogens is 1. The van der Waals surface area contributed by atoms with Gasteiger partial charge in [0.15, 0.2) is 0 Å². The van der Waals surface area contributed by atoms with E-state index in [1.54, 1.807) is 0 Å². The molecule has 1 aliphatic rings. The zero-order chi connectivity index (χ0) is 18.8. The van der Waals surface area contributed by atoms with E-state index in [2.05, 4.69) is 6.92 Å². The van der Waals surface area contributed by atoms with Gasteiger partial charge in [-0.1, -0.05) is 60.8 Å². The summed E-state index contributed by atoms with van der Waals surface area (Å²) in [4.78, 5) is 26.8. The third-order valence-electron chi connectivity index (χ3n) is 4.69. The molecule has 0 aromatic heterocycles. The maximum atomic E-state index is 13.0. The van der Waals surface area contributed by atoms with Crippen molar-refractivity contribution in [3.05, 3.63) is 69.8 Å².